The van der Waals surface area contributed by atoms with E-state index in [4.69, 9.17) is 18.5 Å². The molecule has 360 valence electrons. The molecule has 0 saturated heterocycles. The fourth-order valence-corrected chi connectivity index (χ4v) is 8.15. The Hall–Kier alpha value is -1.81. The van der Waals surface area contributed by atoms with Crippen LogP contribution in [0.2, 0.25) is 0 Å². The van der Waals surface area contributed by atoms with E-state index >= 15 is 0 Å². The van der Waals surface area contributed by atoms with Gasteiger partial charge in [-0.3, -0.25) is 18.9 Å². The highest BCUT2D eigenvalue weighted by Gasteiger charge is 2.21. The molecule has 0 radical (unpaired) electrons. The van der Waals surface area contributed by atoms with E-state index in [1.54, 1.807) is 0 Å². The van der Waals surface area contributed by atoms with Crippen molar-refractivity contribution >= 4 is 32.0 Å². The summed E-state index contributed by atoms with van der Waals surface area (Å²) in [5.41, 5.74) is 0. The smallest absolute Gasteiger partial charge is 0.306 e. The number of hydrogen-bond donors (Lipinski definition) is 1. The summed E-state index contributed by atoms with van der Waals surface area (Å²) in [6.07, 6.45) is 40.6. The van der Waals surface area contributed by atoms with Crippen LogP contribution in [0.4, 0.5) is 0 Å². The van der Waals surface area contributed by atoms with Crippen molar-refractivity contribution in [3.63, 3.8) is 0 Å². The van der Waals surface area contributed by atoms with Gasteiger partial charge in [0.05, 0.1) is 13.2 Å². The molecule has 0 spiro atoms. The molecule has 11 nitrogen and oxygen atoms in total. The monoisotopic (exact) mass is 887 g/mol. The van der Waals surface area contributed by atoms with Crippen molar-refractivity contribution in [3.8, 4) is 0 Å². The third-order valence-corrected chi connectivity index (χ3v) is 12.2. The van der Waals surface area contributed by atoms with Crippen molar-refractivity contribution < 1.29 is 47.2 Å². The molecule has 61 heavy (non-hydrogen) atoms. The number of amides is 1. The lowest BCUT2D eigenvalue weighted by Gasteiger charge is -2.25. The van der Waals surface area contributed by atoms with Crippen LogP contribution in [0.25, 0.3) is 0 Å². The summed E-state index contributed by atoms with van der Waals surface area (Å²) >= 11 is 0. The molecule has 0 aliphatic carbocycles. The predicted octanol–water partition coefficient (Wildman–Crippen LogP) is 13.1. The molecule has 1 amide bonds. The number of hydrogen-bond acceptors (Lipinski definition) is 10. The minimum atomic E-state index is -4.79. The fourth-order valence-electron chi connectivity index (χ4n) is 7.42. The van der Waals surface area contributed by atoms with Crippen molar-refractivity contribution in [2.75, 3.05) is 26.4 Å². The second-order valence-corrected chi connectivity index (χ2v) is 18.7. The van der Waals surface area contributed by atoms with Crippen molar-refractivity contribution in [1.82, 2.24) is 5.32 Å². The van der Waals surface area contributed by atoms with Crippen LogP contribution in [0.1, 0.15) is 258 Å². The number of carbonyl (C=O) groups excluding carboxylic acids is 4. The Labute approximate surface area is 373 Å². The van der Waals surface area contributed by atoms with Gasteiger partial charge in [-0.15, -0.1) is 0 Å². The average molecular weight is 887 g/mol. The number of phosphoric acid groups is 1. The normalized spacial score (nSPS) is 12.8. The Balaban J connectivity index is 4.51. The first-order valence-electron chi connectivity index (χ1n) is 25.4. The van der Waals surface area contributed by atoms with Gasteiger partial charge in [0.25, 0.3) is 7.82 Å². The first-order chi connectivity index (χ1) is 29.7. The lowest BCUT2D eigenvalue weighted by Crippen LogP contribution is -2.31. The minimum absolute atomic E-state index is 0.00353. The summed E-state index contributed by atoms with van der Waals surface area (Å²) in [6.45, 7) is 3.34. The Morgan fingerprint density at radius 1 is 0.508 bits per heavy atom. The van der Waals surface area contributed by atoms with Crippen LogP contribution >= 0.6 is 7.82 Å². The molecular formula is C49H93NO10P-. The van der Waals surface area contributed by atoms with Crippen LogP contribution in [-0.4, -0.2) is 56.6 Å². The molecule has 12 heteroatoms. The highest BCUT2D eigenvalue weighted by atomic mass is 31.2. The topological polar surface area (TPSA) is 157 Å². The third-order valence-electron chi connectivity index (χ3n) is 11.3. The molecule has 0 heterocycles. The number of esters is 2. The molecule has 2 unspecified atom stereocenters. The Morgan fingerprint density at radius 3 is 1.31 bits per heavy atom. The standard InChI is InChI=1S/C49H94NO10P/c1-3-5-7-9-11-13-15-17-19-23-27-31-35-39-48(53)57-44-46(60-49(54)40-36-32-28-24-20-18-16-14-12-10-8-6-4-2)45-59-61(55,56)58-43-41-50-47(52)38-34-30-26-22-21-25-29-33-37-42-51/h42,46H,3-41,43-45H2,1-2H3,(H,50,52)(H,55,56)/p-1. The molecule has 1 N–H and O–H groups in total. The van der Waals surface area contributed by atoms with E-state index in [0.29, 0.717) is 25.7 Å². The van der Waals surface area contributed by atoms with Gasteiger partial charge >= 0.3 is 11.9 Å². The van der Waals surface area contributed by atoms with Crippen LogP contribution < -0.4 is 10.2 Å². The molecule has 0 aromatic carbocycles. The van der Waals surface area contributed by atoms with E-state index < -0.39 is 32.5 Å². The summed E-state index contributed by atoms with van der Waals surface area (Å²) in [5.74, 6) is -1.07. The van der Waals surface area contributed by atoms with Crippen LogP contribution in [0.5, 0.6) is 0 Å². The van der Waals surface area contributed by atoms with Gasteiger partial charge in [-0.2, -0.15) is 0 Å². The molecule has 0 aliphatic rings. The van der Waals surface area contributed by atoms with Crippen molar-refractivity contribution in [3.05, 3.63) is 0 Å². The highest BCUT2D eigenvalue weighted by Crippen LogP contribution is 2.38. The number of carbonyl (C=O) groups is 4. The van der Waals surface area contributed by atoms with Crippen LogP contribution in [0.3, 0.4) is 0 Å². The molecule has 0 aliphatic heterocycles. The minimum Gasteiger partial charge on any atom is -0.756 e. The van der Waals surface area contributed by atoms with Gasteiger partial charge < -0.3 is 33.5 Å². The average Bonchev–Trinajstić information content (AvgIpc) is 3.24. The number of phosphoric ester groups is 1. The van der Waals surface area contributed by atoms with Crippen LogP contribution in [0, 0.1) is 0 Å². The number of ether oxygens (including phenoxy) is 2. The maximum atomic E-state index is 12.7. The number of unbranched alkanes of at least 4 members (excludes halogenated alkanes) is 32. The van der Waals surface area contributed by atoms with Gasteiger partial charge in [-0.05, 0) is 25.7 Å². The lowest BCUT2D eigenvalue weighted by atomic mass is 10.0. The number of nitrogens with one attached hydrogen (secondary N) is 1. The first-order valence-corrected chi connectivity index (χ1v) is 26.9. The number of aldehydes is 1. The van der Waals surface area contributed by atoms with Crippen molar-refractivity contribution in [1.29, 1.82) is 0 Å². The predicted molar refractivity (Wildman–Crippen MR) is 246 cm³/mol. The second kappa shape index (κ2) is 46.2. The summed E-state index contributed by atoms with van der Waals surface area (Å²) in [4.78, 5) is 60.4. The molecule has 0 aromatic heterocycles. The summed E-state index contributed by atoms with van der Waals surface area (Å²) in [6, 6.07) is 0. The van der Waals surface area contributed by atoms with E-state index in [-0.39, 0.29) is 38.5 Å². The Bertz CT molecular complexity index is 1060. The van der Waals surface area contributed by atoms with Gasteiger partial charge in [0, 0.05) is 32.2 Å². The third kappa shape index (κ3) is 46.0. The van der Waals surface area contributed by atoms with E-state index in [2.05, 4.69) is 19.2 Å². The largest absolute Gasteiger partial charge is 0.756 e. The van der Waals surface area contributed by atoms with Crippen molar-refractivity contribution in [2.45, 2.75) is 264 Å². The van der Waals surface area contributed by atoms with E-state index in [9.17, 15) is 28.6 Å². The van der Waals surface area contributed by atoms with Gasteiger partial charge in [-0.1, -0.05) is 206 Å². The first kappa shape index (κ1) is 59.2. The van der Waals surface area contributed by atoms with Crippen LogP contribution in [-0.2, 0) is 42.3 Å². The van der Waals surface area contributed by atoms with Gasteiger partial charge in [0.15, 0.2) is 6.10 Å². The van der Waals surface area contributed by atoms with E-state index in [1.807, 2.05) is 0 Å². The Morgan fingerprint density at radius 2 is 0.885 bits per heavy atom. The Kier molecular flexibility index (Phi) is 44.8. The molecule has 0 bridgehead atoms. The molecule has 0 saturated carbocycles. The zero-order valence-electron chi connectivity index (χ0n) is 39.4. The van der Waals surface area contributed by atoms with Gasteiger partial charge in [0.2, 0.25) is 5.91 Å². The molecule has 0 rings (SSSR count). The molecule has 0 fully saturated rings. The quantitative estimate of drug-likeness (QED) is 0.0270. The zero-order valence-corrected chi connectivity index (χ0v) is 40.3. The van der Waals surface area contributed by atoms with Gasteiger partial charge in [-0.25, -0.2) is 0 Å². The zero-order chi connectivity index (χ0) is 44.8. The maximum Gasteiger partial charge on any atom is 0.306 e. The lowest BCUT2D eigenvalue weighted by molar-refractivity contribution is -0.228. The maximum absolute atomic E-state index is 12.7. The summed E-state index contributed by atoms with van der Waals surface area (Å²) < 4.78 is 33.5. The fraction of sp³-hybridized carbons (Fsp3) is 0.918. The van der Waals surface area contributed by atoms with Crippen molar-refractivity contribution in [2.24, 2.45) is 0 Å². The second-order valence-electron chi connectivity index (χ2n) is 17.2. The van der Waals surface area contributed by atoms with Gasteiger partial charge in [0.1, 0.15) is 12.9 Å². The SMILES string of the molecule is CCCCCCCCCCCCCCCC(=O)OCC(COP(=O)([O-])OCCNC(=O)CCCCCCCCCCC=O)OC(=O)CCCCCCCCCCCCCCC. The highest BCUT2D eigenvalue weighted by molar-refractivity contribution is 7.45. The molecule has 0 aromatic rings. The van der Waals surface area contributed by atoms with Crippen LogP contribution in [0.15, 0.2) is 0 Å². The van der Waals surface area contributed by atoms with E-state index in [1.165, 1.54) is 116 Å². The summed E-state index contributed by atoms with van der Waals surface area (Å²) in [7, 11) is -4.79. The molecule has 2 atom stereocenters. The van der Waals surface area contributed by atoms with E-state index in [0.717, 1.165) is 96.2 Å². The molecular weight excluding hydrogens is 794 g/mol. The number of rotatable bonds is 49. The summed E-state index contributed by atoms with van der Waals surface area (Å²) in [5, 5.41) is 2.67.